The van der Waals surface area contributed by atoms with E-state index in [0.29, 0.717) is 23.1 Å². The Morgan fingerprint density at radius 2 is 1.88 bits per heavy atom. The number of ether oxygens (including phenoxy) is 3. The number of nitrogens with zero attached hydrogens (tertiary/aromatic N) is 4. The first-order valence-electron chi connectivity index (χ1n) is 13.6. The predicted molar refractivity (Wildman–Crippen MR) is 162 cm³/mol. The van der Waals surface area contributed by atoms with E-state index in [1.54, 1.807) is 24.3 Å². The summed E-state index contributed by atoms with van der Waals surface area (Å²) in [5.74, 6) is -0.576. The van der Waals surface area contributed by atoms with Gasteiger partial charge in [0.1, 0.15) is 5.75 Å². The van der Waals surface area contributed by atoms with Gasteiger partial charge in [-0.1, -0.05) is 26.0 Å². The molecule has 1 heterocycles. The number of methoxy groups -OCH3 is 1. The lowest BCUT2D eigenvalue weighted by Crippen LogP contribution is -2.23. The molecule has 0 fully saturated rings. The van der Waals surface area contributed by atoms with Crippen LogP contribution in [0.3, 0.4) is 0 Å². The van der Waals surface area contributed by atoms with E-state index in [4.69, 9.17) is 19.2 Å². The van der Waals surface area contributed by atoms with Crippen molar-refractivity contribution < 1.29 is 29.0 Å². The van der Waals surface area contributed by atoms with Crippen LogP contribution in [-0.2, 0) is 4.79 Å². The molecule has 0 bridgehead atoms. The third kappa shape index (κ3) is 6.32. The Kier molecular flexibility index (Phi) is 9.08. The molecule has 224 valence electrons. The predicted octanol–water partition coefficient (Wildman–Crippen LogP) is 5.54. The molecule has 0 aliphatic carbocycles. The molecule has 0 radical (unpaired) electrons. The molecule has 3 aromatic carbocycles. The highest BCUT2D eigenvalue weighted by Crippen LogP contribution is 2.39. The van der Waals surface area contributed by atoms with Crippen molar-refractivity contribution >= 4 is 28.8 Å². The molecule has 43 heavy (non-hydrogen) atoms. The Labute approximate surface area is 247 Å². The van der Waals surface area contributed by atoms with Crippen LogP contribution in [0.1, 0.15) is 50.3 Å². The number of carbonyl (C=O) groups is 1. The highest BCUT2D eigenvalue weighted by molar-refractivity contribution is 5.85. The highest BCUT2D eigenvalue weighted by atomic mass is 16.6. The number of benzene rings is 3. The molecule has 0 amide bonds. The van der Waals surface area contributed by atoms with E-state index in [1.807, 2.05) is 39.8 Å². The Hall–Kier alpha value is -5.26. The summed E-state index contributed by atoms with van der Waals surface area (Å²) in [6.45, 7) is 9.63. The van der Waals surface area contributed by atoms with Crippen molar-refractivity contribution in [1.29, 1.82) is 0 Å². The van der Waals surface area contributed by atoms with Crippen LogP contribution in [0, 0.1) is 17.0 Å². The van der Waals surface area contributed by atoms with E-state index < -0.39 is 28.2 Å². The molecule has 1 atom stereocenters. The molecule has 1 aromatic heterocycles. The number of para-hydroxylation sites is 1. The van der Waals surface area contributed by atoms with Crippen LogP contribution < -0.4 is 19.8 Å². The molecule has 0 saturated carbocycles. The zero-order valence-corrected chi connectivity index (χ0v) is 24.7. The van der Waals surface area contributed by atoms with Gasteiger partial charge in [-0.25, -0.2) is 9.78 Å². The summed E-state index contributed by atoms with van der Waals surface area (Å²) >= 11 is 0. The normalized spacial score (nSPS) is 12.1. The van der Waals surface area contributed by atoms with Gasteiger partial charge in [-0.15, -0.1) is 0 Å². The summed E-state index contributed by atoms with van der Waals surface area (Å²) in [4.78, 5) is 41.1. The fraction of sp³-hybridized carbons (Fsp3) is 0.290. The molecule has 0 saturated heterocycles. The number of carboxylic acids is 1. The molecule has 0 spiro atoms. The van der Waals surface area contributed by atoms with Crippen LogP contribution in [0.4, 0.5) is 5.69 Å². The number of carboxylic acid groups (broad SMARTS) is 1. The van der Waals surface area contributed by atoms with Crippen LogP contribution in [0.5, 0.6) is 17.2 Å². The lowest BCUT2D eigenvalue weighted by Gasteiger charge is -2.18. The van der Waals surface area contributed by atoms with Gasteiger partial charge in [-0.05, 0) is 68.1 Å². The molecule has 12 nitrogen and oxygen atoms in total. The van der Waals surface area contributed by atoms with Crippen LogP contribution in [-0.4, -0.2) is 51.7 Å². The maximum Gasteiger partial charge on any atom is 0.344 e. The number of aliphatic carboxylic acids is 1. The Balaban J connectivity index is 1.94. The van der Waals surface area contributed by atoms with Gasteiger partial charge < -0.3 is 19.3 Å². The topological polar surface area (TPSA) is 155 Å². The molecule has 12 heteroatoms. The molecule has 1 N–H and O–H groups in total. The van der Waals surface area contributed by atoms with E-state index in [1.165, 1.54) is 26.3 Å². The standard InChI is InChI=1S/C31H32N4O8/c1-7-42-26-12-18(4)23(15-22(26)17(2)3)29-33-24-11-9-8-10-21(24)30(36)34(29)32-16-20-13-25(35(39)40)28(27(14-20)41-6)43-19(5)31(37)38/h8-17,19H,7H2,1-6H3,(H,37,38)/t19-/m0/s1. The third-order valence-electron chi connectivity index (χ3n) is 6.71. The van der Waals surface area contributed by atoms with Crippen molar-refractivity contribution in [3.63, 3.8) is 0 Å². The highest BCUT2D eigenvalue weighted by Gasteiger charge is 2.26. The lowest BCUT2D eigenvalue weighted by molar-refractivity contribution is -0.386. The molecule has 4 rings (SSSR count). The summed E-state index contributed by atoms with van der Waals surface area (Å²) in [6.07, 6.45) is -0.0980. The summed E-state index contributed by atoms with van der Waals surface area (Å²) in [7, 11) is 1.27. The van der Waals surface area contributed by atoms with Gasteiger partial charge in [-0.2, -0.15) is 9.78 Å². The first-order valence-corrected chi connectivity index (χ1v) is 13.6. The van der Waals surface area contributed by atoms with Gasteiger partial charge in [0.15, 0.2) is 17.7 Å². The first kappa shape index (κ1) is 30.7. The maximum absolute atomic E-state index is 13.8. The minimum atomic E-state index is -1.37. The van der Waals surface area contributed by atoms with Crippen molar-refractivity contribution in [2.45, 2.75) is 46.6 Å². The minimum absolute atomic E-state index is 0.0723. The summed E-state index contributed by atoms with van der Waals surface area (Å²) in [5.41, 5.74) is 2.14. The number of aryl methyl sites for hydroxylation is 1. The fourth-order valence-corrected chi connectivity index (χ4v) is 4.52. The third-order valence-corrected chi connectivity index (χ3v) is 6.71. The number of aromatic nitrogens is 2. The Morgan fingerprint density at radius 1 is 1.16 bits per heavy atom. The first-order chi connectivity index (χ1) is 20.5. The molecule has 0 aliphatic rings. The fourth-order valence-electron chi connectivity index (χ4n) is 4.52. The van der Waals surface area contributed by atoms with Gasteiger partial charge >= 0.3 is 11.7 Å². The second kappa shape index (κ2) is 12.7. The summed E-state index contributed by atoms with van der Waals surface area (Å²) in [5, 5.41) is 25.9. The molecule has 4 aromatic rings. The zero-order chi connectivity index (χ0) is 31.4. The zero-order valence-electron chi connectivity index (χ0n) is 24.7. The van der Waals surface area contributed by atoms with Gasteiger partial charge in [0.25, 0.3) is 5.56 Å². The van der Waals surface area contributed by atoms with Crippen molar-refractivity contribution in [2.75, 3.05) is 13.7 Å². The minimum Gasteiger partial charge on any atom is -0.494 e. The number of hydrogen-bond donors (Lipinski definition) is 1. The molecular weight excluding hydrogens is 556 g/mol. The number of nitro groups is 1. The summed E-state index contributed by atoms with van der Waals surface area (Å²) in [6, 6.07) is 13.3. The SMILES string of the molecule is CCOc1cc(C)c(-c2nc3ccccc3c(=O)n2N=Cc2cc(OC)c(O[C@@H](C)C(=O)O)c([N+](=O)[O-])c2)cc1C(C)C. The number of hydrogen-bond acceptors (Lipinski definition) is 9. The van der Waals surface area contributed by atoms with Crippen LogP contribution in [0.2, 0.25) is 0 Å². The molecular formula is C31H32N4O8. The van der Waals surface area contributed by atoms with Gasteiger partial charge in [0, 0.05) is 17.2 Å². The molecule has 0 aliphatic heterocycles. The number of rotatable bonds is 11. The van der Waals surface area contributed by atoms with Gasteiger partial charge in [-0.3, -0.25) is 14.9 Å². The molecule has 0 unspecified atom stereocenters. The maximum atomic E-state index is 13.8. The smallest absolute Gasteiger partial charge is 0.344 e. The van der Waals surface area contributed by atoms with Crippen molar-refractivity contribution in [2.24, 2.45) is 5.10 Å². The van der Waals surface area contributed by atoms with E-state index in [-0.39, 0.29) is 28.8 Å². The largest absolute Gasteiger partial charge is 0.494 e. The van der Waals surface area contributed by atoms with Crippen molar-refractivity contribution in [1.82, 2.24) is 9.66 Å². The Bertz CT molecular complexity index is 1800. The summed E-state index contributed by atoms with van der Waals surface area (Å²) < 4.78 is 17.7. The van der Waals surface area contributed by atoms with Gasteiger partial charge in [0.05, 0.1) is 35.8 Å². The number of nitro benzene ring substituents is 1. The monoisotopic (exact) mass is 588 g/mol. The second-order valence-electron chi connectivity index (χ2n) is 10.0. The van der Waals surface area contributed by atoms with Crippen molar-refractivity contribution in [3.8, 4) is 28.6 Å². The van der Waals surface area contributed by atoms with E-state index in [9.17, 15) is 24.8 Å². The van der Waals surface area contributed by atoms with Crippen molar-refractivity contribution in [3.05, 3.63) is 85.7 Å². The van der Waals surface area contributed by atoms with Crippen LogP contribution in [0.15, 0.2) is 58.4 Å². The van der Waals surface area contributed by atoms with Crippen LogP contribution >= 0.6 is 0 Å². The quantitative estimate of drug-likeness (QED) is 0.135. The average molecular weight is 589 g/mol. The van der Waals surface area contributed by atoms with E-state index in [2.05, 4.69) is 5.10 Å². The lowest BCUT2D eigenvalue weighted by atomic mass is 9.96. The average Bonchev–Trinajstić information content (AvgIpc) is 2.96. The van der Waals surface area contributed by atoms with E-state index >= 15 is 0 Å². The number of fused-ring (bicyclic) bond motifs is 1. The second-order valence-corrected chi connectivity index (χ2v) is 10.0. The Morgan fingerprint density at radius 3 is 2.51 bits per heavy atom. The van der Waals surface area contributed by atoms with Gasteiger partial charge in [0.2, 0.25) is 5.75 Å². The van der Waals surface area contributed by atoms with E-state index in [0.717, 1.165) is 27.6 Å². The van der Waals surface area contributed by atoms with Crippen LogP contribution in [0.25, 0.3) is 22.3 Å².